The summed E-state index contributed by atoms with van der Waals surface area (Å²) in [6, 6.07) is 9.09. The summed E-state index contributed by atoms with van der Waals surface area (Å²) in [5.74, 6) is -0.0968. The van der Waals surface area contributed by atoms with Gasteiger partial charge in [0.05, 0.1) is 26.1 Å². The molecule has 1 fully saturated rings. The largest absolute Gasteiger partial charge is 0.358 e. The number of piperazine rings is 1. The van der Waals surface area contributed by atoms with Gasteiger partial charge in [-0.2, -0.15) is 0 Å². The van der Waals surface area contributed by atoms with Gasteiger partial charge in [-0.25, -0.2) is 8.42 Å². The van der Waals surface area contributed by atoms with Crippen LogP contribution in [0.4, 0.5) is 5.69 Å². The first-order valence-corrected chi connectivity index (χ1v) is 11.6. The molecule has 2 N–H and O–H groups in total. The third kappa shape index (κ3) is 4.00. The number of amides is 1. The molecule has 7 nitrogen and oxygen atoms in total. The van der Waals surface area contributed by atoms with E-state index in [9.17, 15) is 13.2 Å². The number of H-pyrrole nitrogens is 1. The Bertz CT molecular complexity index is 1200. The molecule has 0 aliphatic carbocycles. The minimum absolute atomic E-state index is 0.0539. The Morgan fingerprint density at radius 3 is 2.33 bits per heavy atom. The number of fused-ring (bicyclic) bond motifs is 1. The molecule has 0 bridgehead atoms. The minimum atomic E-state index is -3.87. The van der Waals surface area contributed by atoms with Gasteiger partial charge in [-0.1, -0.05) is 23.2 Å². The van der Waals surface area contributed by atoms with Crippen molar-refractivity contribution in [2.24, 2.45) is 0 Å². The number of carbonyl (C=O) groups is 1. The molecule has 1 saturated heterocycles. The summed E-state index contributed by atoms with van der Waals surface area (Å²) in [5.41, 5.74) is 1.29. The van der Waals surface area contributed by atoms with Gasteiger partial charge in [0.1, 0.15) is 0 Å². The number of aromatic nitrogens is 1. The number of hydrogen-bond donors (Lipinski definition) is 2. The van der Waals surface area contributed by atoms with Crippen molar-refractivity contribution in [1.82, 2.24) is 14.8 Å². The second kappa shape index (κ2) is 8.11. The fourth-order valence-corrected chi connectivity index (χ4v) is 5.06. The summed E-state index contributed by atoms with van der Waals surface area (Å²) >= 11 is 12.3. The van der Waals surface area contributed by atoms with E-state index < -0.39 is 10.0 Å². The van der Waals surface area contributed by atoms with Gasteiger partial charge < -0.3 is 14.8 Å². The number of benzene rings is 2. The number of sulfonamides is 1. The lowest BCUT2D eigenvalue weighted by Crippen LogP contribution is -2.47. The van der Waals surface area contributed by atoms with Gasteiger partial charge in [0.25, 0.3) is 15.9 Å². The van der Waals surface area contributed by atoms with Gasteiger partial charge in [-0.3, -0.25) is 9.52 Å². The molecule has 4 rings (SSSR count). The number of halogens is 2. The first kappa shape index (κ1) is 21.0. The first-order chi connectivity index (χ1) is 14.3. The summed E-state index contributed by atoms with van der Waals surface area (Å²) in [6.07, 6.45) is 1.55. The van der Waals surface area contributed by atoms with Crippen LogP contribution >= 0.6 is 23.2 Å². The topological polar surface area (TPSA) is 85.5 Å². The molecule has 0 unspecified atom stereocenters. The average Bonchev–Trinajstić information content (AvgIpc) is 3.13. The van der Waals surface area contributed by atoms with Crippen molar-refractivity contribution < 1.29 is 13.2 Å². The maximum Gasteiger partial charge on any atom is 0.261 e. The van der Waals surface area contributed by atoms with Crippen LogP contribution in [0.2, 0.25) is 10.0 Å². The summed E-state index contributed by atoms with van der Waals surface area (Å²) < 4.78 is 28.3. The molecule has 0 saturated carbocycles. The van der Waals surface area contributed by atoms with Crippen LogP contribution in [0.3, 0.4) is 0 Å². The van der Waals surface area contributed by atoms with Crippen molar-refractivity contribution in [3.05, 3.63) is 58.2 Å². The van der Waals surface area contributed by atoms with Crippen LogP contribution in [-0.4, -0.2) is 62.3 Å². The van der Waals surface area contributed by atoms with Crippen LogP contribution in [0.1, 0.15) is 10.4 Å². The maximum atomic E-state index is 12.9. The Balaban J connectivity index is 1.55. The summed E-state index contributed by atoms with van der Waals surface area (Å²) in [7, 11) is -1.85. The SMILES string of the molecule is CN1CCN(C(=O)c2ccc(S(=O)(=O)Nc3ccc(Cl)c4c(Cl)c[nH]c34)cc2)CC1. The van der Waals surface area contributed by atoms with Crippen molar-refractivity contribution in [3.63, 3.8) is 0 Å². The fourth-order valence-electron chi connectivity index (χ4n) is 3.43. The summed E-state index contributed by atoms with van der Waals surface area (Å²) in [6.45, 7) is 2.95. The van der Waals surface area contributed by atoms with E-state index in [0.717, 1.165) is 13.1 Å². The van der Waals surface area contributed by atoms with Crippen LogP contribution in [0.15, 0.2) is 47.5 Å². The number of rotatable bonds is 4. The molecule has 2 aromatic carbocycles. The van der Waals surface area contributed by atoms with Gasteiger partial charge in [0.2, 0.25) is 0 Å². The molecular weight excluding hydrogens is 447 g/mol. The molecule has 3 aromatic rings. The van der Waals surface area contributed by atoms with E-state index in [1.165, 1.54) is 24.3 Å². The zero-order valence-electron chi connectivity index (χ0n) is 16.2. The molecule has 30 heavy (non-hydrogen) atoms. The Hall–Kier alpha value is -2.26. The molecule has 1 aromatic heterocycles. The van der Waals surface area contributed by atoms with Crippen molar-refractivity contribution >= 4 is 55.7 Å². The van der Waals surface area contributed by atoms with Crippen molar-refractivity contribution in [1.29, 1.82) is 0 Å². The smallest absolute Gasteiger partial charge is 0.261 e. The second-order valence-corrected chi connectivity index (χ2v) is 9.70. The first-order valence-electron chi connectivity index (χ1n) is 9.32. The molecule has 0 atom stereocenters. The highest BCUT2D eigenvalue weighted by Gasteiger charge is 2.22. The minimum Gasteiger partial charge on any atom is -0.358 e. The zero-order chi connectivity index (χ0) is 21.5. The average molecular weight is 467 g/mol. The second-order valence-electron chi connectivity index (χ2n) is 7.21. The van der Waals surface area contributed by atoms with E-state index in [1.807, 2.05) is 7.05 Å². The van der Waals surface area contributed by atoms with Crippen molar-refractivity contribution in [2.45, 2.75) is 4.90 Å². The van der Waals surface area contributed by atoms with E-state index in [-0.39, 0.29) is 10.8 Å². The molecule has 1 aliphatic heterocycles. The molecule has 158 valence electrons. The van der Waals surface area contributed by atoms with E-state index in [4.69, 9.17) is 23.2 Å². The van der Waals surface area contributed by atoms with E-state index in [2.05, 4.69) is 14.6 Å². The molecule has 10 heteroatoms. The van der Waals surface area contributed by atoms with E-state index >= 15 is 0 Å². The molecule has 1 amide bonds. The highest BCUT2D eigenvalue weighted by atomic mass is 35.5. The number of aromatic amines is 1. The number of nitrogens with zero attached hydrogens (tertiary/aromatic N) is 2. The molecular formula is C20H20Cl2N4O3S. The fraction of sp³-hybridized carbons (Fsp3) is 0.250. The molecule has 1 aliphatic rings. The third-order valence-electron chi connectivity index (χ3n) is 5.18. The number of nitrogens with one attached hydrogen (secondary N) is 2. The molecule has 2 heterocycles. The Morgan fingerprint density at radius 1 is 1.00 bits per heavy atom. The van der Waals surface area contributed by atoms with Gasteiger partial charge in [0.15, 0.2) is 0 Å². The predicted molar refractivity (Wildman–Crippen MR) is 119 cm³/mol. The van der Waals surface area contributed by atoms with Crippen LogP contribution in [0.25, 0.3) is 10.9 Å². The Morgan fingerprint density at radius 2 is 1.67 bits per heavy atom. The Labute approximate surface area is 184 Å². The zero-order valence-corrected chi connectivity index (χ0v) is 18.5. The number of anilines is 1. The monoisotopic (exact) mass is 466 g/mol. The van der Waals surface area contributed by atoms with Gasteiger partial charge >= 0.3 is 0 Å². The number of hydrogen-bond acceptors (Lipinski definition) is 4. The predicted octanol–water partition coefficient (Wildman–Crippen LogP) is 3.66. The molecule has 0 spiro atoms. The number of carbonyl (C=O) groups excluding carboxylic acids is 1. The quantitative estimate of drug-likeness (QED) is 0.614. The van der Waals surface area contributed by atoms with E-state index in [1.54, 1.807) is 23.2 Å². The summed E-state index contributed by atoms with van der Waals surface area (Å²) in [5, 5.41) is 1.38. The van der Waals surface area contributed by atoms with Crippen LogP contribution < -0.4 is 4.72 Å². The Kier molecular flexibility index (Phi) is 5.67. The standard InChI is InChI=1S/C20H20Cl2N4O3S/c1-25-8-10-26(11-9-25)20(27)13-2-4-14(5-3-13)30(28,29)24-17-7-6-15(21)18-16(22)12-23-19(17)18/h2-7,12,23-24H,8-11H2,1H3. The number of likely N-dealkylation sites (N-methyl/N-ethyl adjacent to an activating group) is 1. The lowest BCUT2D eigenvalue weighted by Gasteiger charge is -2.32. The van der Waals surface area contributed by atoms with Crippen molar-refractivity contribution in [3.8, 4) is 0 Å². The normalized spacial score (nSPS) is 15.5. The van der Waals surface area contributed by atoms with E-state index in [0.29, 0.717) is 45.3 Å². The van der Waals surface area contributed by atoms with Crippen LogP contribution in [-0.2, 0) is 10.0 Å². The lowest BCUT2D eigenvalue weighted by molar-refractivity contribution is 0.0664. The highest BCUT2D eigenvalue weighted by molar-refractivity contribution is 7.92. The van der Waals surface area contributed by atoms with Gasteiger partial charge in [-0.15, -0.1) is 0 Å². The van der Waals surface area contributed by atoms with Crippen molar-refractivity contribution in [2.75, 3.05) is 37.9 Å². The maximum absolute atomic E-state index is 12.9. The van der Waals surface area contributed by atoms with Gasteiger partial charge in [-0.05, 0) is 43.4 Å². The highest BCUT2D eigenvalue weighted by Crippen LogP contribution is 2.35. The van der Waals surface area contributed by atoms with Crippen LogP contribution in [0, 0.1) is 0 Å². The molecule has 0 radical (unpaired) electrons. The summed E-state index contributed by atoms with van der Waals surface area (Å²) in [4.78, 5) is 19.6. The van der Waals surface area contributed by atoms with Crippen LogP contribution in [0.5, 0.6) is 0 Å². The lowest BCUT2D eigenvalue weighted by atomic mass is 10.2. The van der Waals surface area contributed by atoms with Gasteiger partial charge in [0, 0.05) is 43.3 Å². The third-order valence-corrected chi connectivity index (χ3v) is 7.18.